The maximum absolute atomic E-state index is 12.5. The smallest absolute Gasteiger partial charge is 0.251 e. The number of halogens is 1. The van der Waals surface area contributed by atoms with Gasteiger partial charge in [-0.3, -0.25) is 4.79 Å². The Labute approximate surface area is 179 Å². The molecule has 4 heteroatoms. The second-order valence-corrected chi connectivity index (χ2v) is 8.57. The number of hydrogen-bond donors (Lipinski definition) is 1. The van der Waals surface area contributed by atoms with Crippen molar-refractivity contribution >= 4 is 39.2 Å². The van der Waals surface area contributed by atoms with Gasteiger partial charge >= 0.3 is 0 Å². The topological polar surface area (TPSA) is 29.1 Å². The first kappa shape index (κ1) is 20.4. The highest BCUT2D eigenvalue weighted by Crippen LogP contribution is 2.35. The largest absolute Gasteiger partial charge is 0.348 e. The highest BCUT2D eigenvalue weighted by Gasteiger charge is 2.11. The van der Waals surface area contributed by atoms with Crippen LogP contribution in [0.1, 0.15) is 34.0 Å². The Hall–Kier alpha value is -2.30. The van der Waals surface area contributed by atoms with Gasteiger partial charge < -0.3 is 5.32 Å². The molecule has 0 saturated carbocycles. The van der Waals surface area contributed by atoms with Crippen LogP contribution >= 0.6 is 27.7 Å². The molecule has 0 radical (unpaired) electrons. The van der Waals surface area contributed by atoms with Gasteiger partial charge in [0.25, 0.3) is 5.91 Å². The number of allylic oxidation sites excluding steroid dienone is 1. The van der Waals surface area contributed by atoms with Crippen molar-refractivity contribution in [2.45, 2.75) is 30.2 Å². The second kappa shape index (κ2) is 9.26. The van der Waals surface area contributed by atoms with Crippen LogP contribution in [0, 0.1) is 6.92 Å². The lowest BCUT2D eigenvalue weighted by Gasteiger charge is -2.12. The van der Waals surface area contributed by atoms with Crippen LogP contribution in [0.2, 0.25) is 0 Å². The Morgan fingerprint density at radius 3 is 2.46 bits per heavy atom. The van der Waals surface area contributed by atoms with E-state index in [1.54, 1.807) is 11.8 Å². The summed E-state index contributed by atoms with van der Waals surface area (Å²) in [5, 5.41) is 2.99. The Bertz CT molecular complexity index is 1030. The Kier molecular flexibility index (Phi) is 6.76. The predicted molar refractivity (Wildman–Crippen MR) is 122 cm³/mol. The van der Waals surface area contributed by atoms with Crippen LogP contribution in [-0.2, 0) is 6.54 Å². The third-order valence-corrected chi connectivity index (χ3v) is 6.43. The van der Waals surface area contributed by atoms with Crippen LogP contribution in [0.25, 0.3) is 5.57 Å². The summed E-state index contributed by atoms with van der Waals surface area (Å²) in [6, 6.07) is 22.0. The summed E-state index contributed by atoms with van der Waals surface area (Å²) in [6.45, 7) is 8.61. The van der Waals surface area contributed by atoms with Crippen LogP contribution < -0.4 is 5.32 Å². The number of aryl methyl sites for hydroxylation is 1. The van der Waals surface area contributed by atoms with Gasteiger partial charge in [0.2, 0.25) is 0 Å². The maximum atomic E-state index is 12.5. The number of hydrogen-bond acceptors (Lipinski definition) is 2. The molecule has 0 saturated heterocycles. The summed E-state index contributed by atoms with van der Waals surface area (Å²) in [5.41, 5.74) is 5.00. The molecule has 142 valence electrons. The molecule has 0 aliphatic heterocycles. The minimum atomic E-state index is -0.0715. The number of carbonyl (C=O) groups is 1. The van der Waals surface area contributed by atoms with Crippen LogP contribution in [0.15, 0.2) is 87.6 Å². The quantitative estimate of drug-likeness (QED) is 0.442. The first-order valence-corrected chi connectivity index (χ1v) is 10.6. The molecule has 0 aromatic heterocycles. The molecule has 28 heavy (non-hydrogen) atoms. The zero-order valence-corrected chi connectivity index (χ0v) is 18.4. The molecule has 0 heterocycles. The SMILES string of the molecule is C=C(C)c1ccccc1Sc1ccc(C(=O)NCc2ccccc2Br)cc1C. The fraction of sp³-hybridized carbons (Fsp3) is 0.125. The van der Waals surface area contributed by atoms with Gasteiger partial charge in [0, 0.05) is 26.4 Å². The average molecular weight is 452 g/mol. The van der Waals surface area contributed by atoms with Crippen LogP contribution in [0.5, 0.6) is 0 Å². The number of benzene rings is 3. The maximum Gasteiger partial charge on any atom is 0.251 e. The van der Waals surface area contributed by atoms with Gasteiger partial charge in [0.05, 0.1) is 0 Å². The van der Waals surface area contributed by atoms with Gasteiger partial charge in [0.15, 0.2) is 0 Å². The molecule has 0 fully saturated rings. The van der Waals surface area contributed by atoms with Gasteiger partial charge in [0.1, 0.15) is 0 Å². The van der Waals surface area contributed by atoms with E-state index in [1.807, 2.05) is 68.4 Å². The van der Waals surface area contributed by atoms with Crippen molar-refractivity contribution in [3.05, 3.63) is 100 Å². The highest BCUT2D eigenvalue weighted by atomic mass is 79.9. The number of amides is 1. The minimum absolute atomic E-state index is 0.0715. The lowest BCUT2D eigenvalue weighted by molar-refractivity contribution is 0.0950. The summed E-state index contributed by atoms with van der Waals surface area (Å²) < 4.78 is 0.995. The zero-order chi connectivity index (χ0) is 20.1. The molecule has 3 aromatic rings. The van der Waals surface area contributed by atoms with E-state index in [1.165, 1.54) is 4.90 Å². The average Bonchev–Trinajstić information content (AvgIpc) is 2.69. The molecule has 2 nitrogen and oxygen atoms in total. The predicted octanol–water partition coefficient (Wildman–Crippen LogP) is 6.87. The highest BCUT2D eigenvalue weighted by molar-refractivity contribution is 9.10. The van der Waals surface area contributed by atoms with Gasteiger partial charge in [-0.2, -0.15) is 0 Å². The summed E-state index contributed by atoms with van der Waals surface area (Å²) in [5.74, 6) is -0.0715. The van der Waals surface area contributed by atoms with Crippen molar-refractivity contribution < 1.29 is 4.79 Å². The molecule has 0 bridgehead atoms. The van der Waals surface area contributed by atoms with E-state index in [0.717, 1.165) is 31.6 Å². The normalized spacial score (nSPS) is 10.5. The fourth-order valence-corrected chi connectivity index (χ4v) is 4.37. The second-order valence-electron chi connectivity index (χ2n) is 6.63. The van der Waals surface area contributed by atoms with Gasteiger partial charge in [-0.15, -0.1) is 0 Å². The first-order chi connectivity index (χ1) is 13.5. The zero-order valence-electron chi connectivity index (χ0n) is 16.0. The number of carbonyl (C=O) groups excluding carboxylic acids is 1. The molecule has 0 unspecified atom stereocenters. The Morgan fingerprint density at radius 1 is 1.04 bits per heavy atom. The summed E-state index contributed by atoms with van der Waals surface area (Å²) in [7, 11) is 0. The van der Waals surface area contributed by atoms with E-state index in [-0.39, 0.29) is 5.91 Å². The minimum Gasteiger partial charge on any atom is -0.348 e. The Morgan fingerprint density at radius 2 is 1.75 bits per heavy atom. The molecule has 0 spiro atoms. The lowest BCUT2D eigenvalue weighted by Crippen LogP contribution is -2.23. The molecule has 3 aromatic carbocycles. The molecular formula is C24H22BrNOS. The molecule has 1 amide bonds. The number of nitrogens with one attached hydrogen (secondary N) is 1. The molecular weight excluding hydrogens is 430 g/mol. The lowest BCUT2D eigenvalue weighted by atomic mass is 10.1. The third kappa shape index (κ3) is 4.94. The van der Waals surface area contributed by atoms with Crippen molar-refractivity contribution in [1.82, 2.24) is 5.32 Å². The monoisotopic (exact) mass is 451 g/mol. The summed E-state index contributed by atoms with van der Waals surface area (Å²) >= 11 is 5.21. The Balaban J connectivity index is 1.73. The van der Waals surface area contributed by atoms with Crippen LogP contribution in [0.3, 0.4) is 0 Å². The standard InChI is InChI=1S/C24H22BrNOS/c1-16(2)20-9-5-7-11-23(20)28-22-13-12-18(14-17(22)3)24(27)26-15-19-8-4-6-10-21(19)25/h4-14H,1,15H2,2-3H3,(H,26,27). The fourth-order valence-electron chi connectivity index (χ4n) is 2.85. The van der Waals surface area contributed by atoms with E-state index in [0.29, 0.717) is 12.1 Å². The van der Waals surface area contributed by atoms with Crippen LogP contribution in [-0.4, -0.2) is 5.91 Å². The molecule has 1 N–H and O–H groups in total. The van der Waals surface area contributed by atoms with Crippen molar-refractivity contribution in [3.63, 3.8) is 0 Å². The van der Waals surface area contributed by atoms with E-state index in [9.17, 15) is 4.79 Å². The van der Waals surface area contributed by atoms with E-state index in [4.69, 9.17) is 0 Å². The van der Waals surface area contributed by atoms with Gasteiger partial charge in [-0.25, -0.2) is 0 Å². The van der Waals surface area contributed by atoms with Gasteiger partial charge in [-0.1, -0.05) is 70.7 Å². The summed E-state index contributed by atoms with van der Waals surface area (Å²) in [6.07, 6.45) is 0. The number of rotatable bonds is 6. The van der Waals surface area contributed by atoms with Crippen molar-refractivity contribution in [1.29, 1.82) is 0 Å². The van der Waals surface area contributed by atoms with E-state index < -0.39 is 0 Å². The van der Waals surface area contributed by atoms with Crippen molar-refractivity contribution in [2.24, 2.45) is 0 Å². The van der Waals surface area contributed by atoms with Gasteiger partial charge in [-0.05, 0) is 66.4 Å². The molecule has 0 atom stereocenters. The summed E-state index contributed by atoms with van der Waals surface area (Å²) in [4.78, 5) is 14.9. The van der Waals surface area contributed by atoms with Crippen LogP contribution in [0.4, 0.5) is 0 Å². The third-order valence-electron chi connectivity index (χ3n) is 4.40. The van der Waals surface area contributed by atoms with E-state index in [2.05, 4.69) is 40.0 Å². The molecule has 0 aliphatic rings. The molecule has 0 aliphatic carbocycles. The van der Waals surface area contributed by atoms with E-state index >= 15 is 0 Å². The first-order valence-electron chi connectivity index (χ1n) is 9.00. The van der Waals surface area contributed by atoms with Crippen molar-refractivity contribution in [3.8, 4) is 0 Å². The van der Waals surface area contributed by atoms with Crippen molar-refractivity contribution in [2.75, 3.05) is 0 Å². The molecule has 3 rings (SSSR count).